The van der Waals surface area contributed by atoms with Gasteiger partial charge in [-0.2, -0.15) is 0 Å². The lowest BCUT2D eigenvalue weighted by molar-refractivity contribution is 0.0981. The lowest BCUT2D eigenvalue weighted by Gasteiger charge is -2.15. The van der Waals surface area contributed by atoms with Crippen LogP contribution in [0.5, 0.6) is 0 Å². The molecule has 0 radical (unpaired) electrons. The van der Waals surface area contributed by atoms with Crippen LogP contribution < -0.4 is 9.62 Å². The Balaban J connectivity index is 2.26. The summed E-state index contributed by atoms with van der Waals surface area (Å²) in [6.07, 6.45) is 0. The van der Waals surface area contributed by atoms with Gasteiger partial charge in [0.25, 0.3) is 15.9 Å². The van der Waals surface area contributed by atoms with E-state index in [2.05, 4.69) is 4.72 Å². The van der Waals surface area contributed by atoms with Gasteiger partial charge in [-0.25, -0.2) is 13.1 Å². The fraction of sp³-hybridized carbons (Fsp3) is 0.235. The molecule has 2 aromatic carbocycles. The topological polar surface area (TPSA) is 66.5 Å². The van der Waals surface area contributed by atoms with Gasteiger partial charge in [0.2, 0.25) is 0 Å². The van der Waals surface area contributed by atoms with E-state index in [0.29, 0.717) is 11.1 Å². The molecule has 0 aromatic heterocycles. The Bertz CT molecular complexity index is 825. The van der Waals surface area contributed by atoms with Crippen molar-refractivity contribution in [3.05, 3.63) is 59.2 Å². The number of aryl methyl sites for hydroxylation is 2. The SMILES string of the molecule is Cc1ccc(S(=O)(=O)NC(=O)c2ccc(N(C)C)cc2C)cc1. The van der Waals surface area contributed by atoms with Crippen LogP contribution in [-0.2, 0) is 10.0 Å². The molecule has 0 bridgehead atoms. The molecule has 1 N–H and O–H groups in total. The summed E-state index contributed by atoms with van der Waals surface area (Å²) in [6, 6.07) is 11.6. The number of hydrogen-bond acceptors (Lipinski definition) is 4. The molecule has 6 heteroatoms. The van der Waals surface area contributed by atoms with Gasteiger partial charge >= 0.3 is 0 Å². The van der Waals surface area contributed by atoms with Crippen LogP contribution in [0.15, 0.2) is 47.4 Å². The summed E-state index contributed by atoms with van der Waals surface area (Å²) in [5.41, 5.74) is 2.95. The van der Waals surface area contributed by atoms with Gasteiger partial charge in [-0.1, -0.05) is 17.7 Å². The number of benzene rings is 2. The molecule has 5 nitrogen and oxygen atoms in total. The molecule has 0 atom stereocenters. The summed E-state index contributed by atoms with van der Waals surface area (Å²) in [5, 5.41) is 0. The second kappa shape index (κ2) is 6.42. The summed E-state index contributed by atoms with van der Waals surface area (Å²) in [4.78, 5) is 14.3. The third-order valence-electron chi connectivity index (χ3n) is 3.53. The van der Waals surface area contributed by atoms with Gasteiger partial charge in [-0.15, -0.1) is 0 Å². The van der Waals surface area contributed by atoms with E-state index >= 15 is 0 Å². The lowest BCUT2D eigenvalue weighted by Crippen LogP contribution is -2.31. The number of amides is 1. The van der Waals surface area contributed by atoms with Gasteiger partial charge in [0, 0.05) is 25.3 Å². The molecule has 0 saturated carbocycles. The summed E-state index contributed by atoms with van der Waals surface area (Å²) in [5.74, 6) is -0.631. The quantitative estimate of drug-likeness (QED) is 0.934. The molecule has 1 amide bonds. The molecule has 0 aliphatic carbocycles. The van der Waals surface area contributed by atoms with E-state index in [9.17, 15) is 13.2 Å². The van der Waals surface area contributed by atoms with Crippen LogP contribution in [0.25, 0.3) is 0 Å². The zero-order valence-corrected chi connectivity index (χ0v) is 14.4. The third-order valence-corrected chi connectivity index (χ3v) is 4.88. The van der Waals surface area contributed by atoms with Gasteiger partial charge in [0.15, 0.2) is 0 Å². The largest absolute Gasteiger partial charge is 0.378 e. The normalized spacial score (nSPS) is 11.1. The van der Waals surface area contributed by atoms with E-state index in [4.69, 9.17) is 0 Å². The fourth-order valence-electron chi connectivity index (χ4n) is 2.13. The van der Waals surface area contributed by atoms with E-state index < -0.39 is 15.9 Å². The molecule has 2 aromatic rings. The number of nitrogens with one attached hydrogen (secondary N) is 1. The molecular weight excluding hydrogens is 312 g/mol. The number of carbonyl (C=O) groups excluding carboxylic acids is 1. The van der Waals surface area contributed by atoms with Crippen LogP contribution >= 0.6 is 0 Å². The second-order valence-electron chi connectivity index (χ2n) is 5.64. The minimum absolute atomic E-state index is 0.0685. The Morgan fingerprint density at radius 2 is 1.61 bits per heavy atom. The minimum Gasteiger partial charge on any atom is -0.378 e. The predicted octanol–water partition coefficient (Wildman–Crippen LogP) is 2.49. The smallest absolute Gasteiger partial charge is 0.265 e. The number of sulfonamides is 1. The molecule has 0 aliphatic rings. The fourth-order valence-corrected chi connectivity index (χ4v) is 3.10. The molecule has 0 fully saturated rings. The van der Waals surface area contributed by atoms with Gasteiger partial charge in [0.05, 0.1) is 4.90 Å². The average Bonchev–Trinajstić information content (AvgIpc) is 2.46. The number of carbonyl (C=O) groups is 1. The lowest BCUT2D eigenvalue weighted by atomic mass is 10.1. The van der Waals surface area contributed by atoms with Crippen LogP contribution in [0.2, 0.25) is 0 Å². The monoisotopic (exact) mass is 332 g/mol. The van der Waals surface area contributed by atoms with E-state index in [1.807, 2.05) is 32.0 Å². The Morgan fingerprint density at radius 3 is 2.13 bits per heavy atom. The van der Waals surface area contributed by atoms with E-state index in [1.165, 1.54) is 12.1 Å². The molecular formula is C17H20N2O3S. The molecule has 23 heavy (non-hydrogen) atoms. The van der Waals surface area contributed by atoms with Crippen molar-refractivity contribution in [2.45, 2.75) is 18.7 Å². The van der Waals surface area contributed by atoms with E-state index in [-0.39, 0.29) is 4.90 Å². The highest BCUT2D eigenvalue weighted by atomic mass is 32.2. The highest BCUT2D eigenvalue weighted by molar-refractivity contribution is 7.90. The maximum atomic E-state index is 12.3. The maximum Gasteiger partial charge on any atom is 0.265 e. The van der Waals surface area contributed by atoms with Crippen molar-refractivity contribution in [2.24, 2.45) is 0 Å². The van der Waals surface area contributed by atoms with Crippen molar-refractivity contribution < 1.29 is 13.2 Å². The first-order valence-electron chi connectivity index (χ1n) is 7.12. The number of hydrogen-bond donors (Lipinski definition) is 1. The summed E-state index contributed by atoms with van der Waals surface area (Å²) >= 11 is 0. The van der Waals surface area contributed by atoms with Gasteiger partial charge in [-0.3, -0.25) is 4.79 Å². The predicted molar refractivity (Wildman–Crippen MR) is 91.3 cm³/mol. The van der Waals surface area contributed by atoms with Gasteiger partial charge in [-0.05, 0) is 49.7 Å². The van der Waals surface area contributed by atoms with Crippen molar-refractivity contribution in [3.8, 4) is 0 Å². The van der Waals surface area contributed by atoms with Crippen LogP contribution in [0.1, 0.15) is 21.5 Å². The van der Waals surface area contributed by atoms with Crippen molar-refractivity contribution in [1.82, 2.24) is 4.72 Å². The maximum absolute atomic E-state index is 12.3. The van der Waals surface area contributed by atoms with Gasteiger partial charge in [0.1, 0.15) is 0 Å². The first-order valence-corrected chi connectivity index (χ1v) is 8.61. The minimum atomic E-state index is -3.88. The van der Waals surface area contributed by atoms with E-state index in [0.717, 1.165) is 11.3 Å². The van der Waals surface area contributed by atoms with Crippen LogP contribution in [-0.4, -0.2) is 28.4 Å². The zero-order valence-electron chi connectivity index (χ0n) is 13.6. The molecule has 0 saturated heterocycles. The molecule has 0 spiro atoms. The Kier molecular flexibility index (Phi) is 4.75. The summed E-state index contributed by atoms with van der Waals surface area (Å²) < 4.78 is 26.7. The second-order valence-corrected chi connectivity index (χ2v) is 7.32. The molecule has 122 valence electrons. The average molecular weight is 332 g/mol. The number of rotatable bonds is 4. The van der Waals surface area contributed by atoms with Crippen molar-refractivity contribution in [1.29, 1.82) is 0 Å². The highest BCUT2D eigenvalue weighted by Gasteiger charge is 2.19. The number of anilines is 1. The van der Waals surface area contributed by atoms with Crippen LogP contribution in [0.4, 0.5) is 5.69 Å². The van der Waals surface area contributed by atoms with Crippen molar-refractivity contribution >= 4 is 21.6 Å². The van der Waals surface area contributed by atoms with Crippen molar-refractivity contribution in [3.63, 3.8) is 0 Å². The first-order chi connectivity index (χ1) is 10.7. The molecule has 2 rings (SSSR count). The van der Waals surface area contributed by atoms with Crippen molar-refractivity contribution in [2.75, 3.05) is 19.0 Å². The van der Waals surface area contributed by atoms with Crippen LogP contribution in [0, 0.1) is 13.8 Å². The standard InChI is InChI=1S/C17H20N2O3S/c1-12-5-8-15(9-6-12)23(21,22)18-17(20)16-10-7-14(19(3)4)11-13(16)2/h5-11H,1-4H3,(H,18,20). The molecule has 0 unspecified atom stereocenters. The molecule has 0 aliphatic heterocycles. The third kappa shape index (κ3) is 3.90. The van der Waals surface area contributed by atoms with Crippen LogP contribution in [0.3, 0.4) is 0 Å². The molecule has 0 heterocycles. The zero-order chi connectivity index (χ0) is 17.2. The Labute approximate surface area is 137 Å². The summed E-state index contributed by atoms with van der Waals surface area (Å²) in [6.45, 7) is 3.64. The van der Waals surface area contributed by atoms with Gasteiger partial charge < -0.3 is 4.90 Å². The Morgan fingerprint density at radius 1 is 1.00 bits per heavy atom. The first kappa shape index (κ1) is 17.0. The van der Waals surface area contributed by atoms with E-state index in [1.54, 1.807) is 31.2 Å². The summed E-state index contributed by atoms with van der Waals surface area (Å²) in [7, 11) is -0.0792. The Hall–Kier alpha value is -2.34. The number of nitrogens with zero attached hydrogens (tertiary/aromatic N) is 1. The highest BCUT2D eigenvalue weighted by Crippen LogP contribution is 2.18.